The summed E-state index contributed by atoms with van der Waals surface area (Å²) in [5.74, 6) is 1.60. The summed E-state index contributed by atoms with van der Waals surface area (Å²) in [5.41, 5.74) is 1.93. The number of likely N-dealkylation sites (tertiary alicyclic amines) is 1. The average molecular weight is 340 g/mol. The number of aryl methyl sites for hydroxylation is 1. The Morgan fingerprint density at radius 2 is 2.12 bits per heavy atom. The van der Waals surface area contributed by atoms with Crippen LogP contribution in [0.3, 0.4) is 0 Å². The number of aromatic nitrogens is 2. The number of carbonyl (C=O) groups is 1. The Morgan fingerprint density at radius 1 is 1.32 bits per heavy atom. The molecule has 6 heteroatoms. The summed E-state index contributed by atoms with van der Waals surface area (Å²) in [6.45, 7) is 4.15. The minimum atomic E-state index is 0.0381. The number of nitrogens with one attached hydrogen (secondary N) is 1. The van der Waals surface area contributed by atoms with E-state index in [0.717, 1.165) is 42.9 Å². The van der Waals surface area contributed by atoms with E-state index in [9.17, 15) is 4.79 Å². The summed E-state index contributed by atoms with van der Waals surface area (Å²) in [6, 6.07) is 7.88. The number of benzene rings is 1. The highest BCUT2D eigenvalue weighted by Crippen LogP contribution is 2.33. The molecular weight excluding hydrogens is 316 g/mol. The molecule has 132 valence electrons. The maximum atomic E-state index is 11.7. The molecule has 1 N–H and O–H groups in total. The Kier molecular flexibility index (Phi) is 5.60. The van der Waals surface area contributed by atoms with Crippen molar-refractivity contribution in [1.29, 1.82) is 0 Å². The number of rotatable bonds is 5. The molecule has 1 aromatic heterocycles. The van der Waals surface area contributed by atoms with Gasteiger partial charge in [0.15, 0.2) is 0 Å². The third kappa shape index (κ3) is 4.33. The van der Waals surface area contributed by atoms with Crippen molar-refractivity contribution in [3.63, 3.8) is 0 Å². The summed E-state index contributed by atoms with van der Waals surface area (Å²) >= 11 is 0. The van der Waals surface area contributed by atoms with E-state index in [-0.39, 0.29) is 11.8 Å². The monoisotopic (exact) mass is 340 g/mol. The Hall–Kier alpha value is -2.47. The first-order valence-electron chi connectivity index (χ1n) is 8.64. The van der Waals surface area contributed by atoms with Crippen LogP contribution >= 0.6 is 0 Å². The van der Waals surface area contributed by atoms with Gasteiger partial charge in [-0.15, -0.1) is 0 Å². The Labute approximate surface area is 148 Å². The molecule has 1 aliphatic rings. The van der Waals surface area contributed by atoms with Crippen molar-refractivity contribution in [2.75, 3.05) is 26.7 Å². The fraction of sp³-hybridized carbons (Fsp3) is 0.421. The van der Waals surface area contributed by atoms with Crippen LogP contribution in [0.2, 0.25) is 0 Å². The largest absolute Gasteiger partial charge is 0.437 e. The van der Waals surface area contributed by atoms with Crippen molar-refractivity contribution in [1.82, 2.24) is 20.2 Å². The lowest BCUT2D eigenvalue weighted by molar-refractivity contribution is -0.122. The summed E-state index contributed by atoms with van der Waals surface area (Å²) < 4.78 is 6.06. The van der Waals surface area contributed by atoms with E-state index in [1.54, 1.807) is 19.4 Å². The van der Waals surface area contributed by atoms with Crippen LogP contribution in [0.4, 0.5) is 0 Å². The highest BCUT2D eigenvalue weighted by Gasteiger charge is 2.26. The highest BCUT2D eigenvalue weighted by atomic mass is 16.5. The SMILES string of the molecule is CNC(=O)CN1CCCC(c2nccnc2Oc2ccccc2C)C1. The van der Waals surface area contributed by atoms with E-state index in [4.69, 9.17) is 4.74 Å². The van der Waals surface area contributed by atoms with Crippen molar-refractivity contribution in [2.45, 2.75) is 25.7 Å². The third-order valence-electron chi connectivity index (χ3n) is 4.53. The summed E-state index contributed by atoms with van der Waals surface area (Å²) in [5, 5.41) is 2.68. The second-order valence-electron chi connectivity index (χ2n) is 6.36. The van der Waals surface area contributed by atoms with Crippen molar-refractivity contribution >= 4 is 5.91 Å². The van der Waals surface area contributed by atoms with Gasteiger partial charge in [0.05, 0.1) is 6.54 Å². The second kappa shape index (κ2) is 8.07. The fourth-order valence-corrected chi connectivity index (χ4v) is 3.17. The Bertz CT molecular complexity index is 735. The molecule has 0 bridgehead atoms. The van der Waals surface area contributed by atoms with Gasteiger partial charge in [-0.3, -0.25) is 14.7 Å². The molecule has 1 aliphatic heterocycles. The molecule has 1 unspecified atom stereocenters. The van der Waals surface area contributed by atoms with Crippen LogP contribution in [0.25, 0.3) is 0 Å². The molecule has 2 heterocycles. The molecule has 25 heavy (non-hydrogen) atoms. The number of amides is 1. The molecule has 1 saturated heterocycles. The minimum absolute atomic E-state index is 0.0381. The maximum absolute atomic E-state index is 11.7. The molecular formula is C19H24N4O2. The van der Waals surface area contributed by atoms with Gasteiger partial charge in [0.25, 0.3) is 0 Å². The zero-order valence-corrected chi connectivity index (χ0v) is 14.7. The lowest BCUT2D eigenvalue weighted by Gasteiger charge is -2.32. The Balaban J connectivity index is 1.78. The molecule has 3 rings (SSSR count). The summed E-state index contributed by atoms with van der Waals surface area (Å²) in [4.78, 5) is 22.8. The van der Waals surface area contributed by atoms with Gasteiger partial charge in [0.1, 0.15) is 11.4 Å². The molecule has 0 saturated carbocycles. The standard InChI is InChI=1S/C19H24N4O2/c1-14-6-3-4-8-16(14)25-19-18(21-9-10-22-19)15-7-5-11-23(12-15)13-17(24)20-2/h3-4,6,8-10,15H,5,7,11-13H2,1-2H3,(H,20,24). The number of para-hydroxylation sites is 1. The molecule has 1 amide bonds. The average Bonchev–Trinajstić information content (AvgIpc) is 2.64. The number of nitrogens with zero attached hydrogens (tertiary/aromatic N) is 3. The van der Waals surface area contributed by atoms with Gasteiger partial charge in [-0.05, 0) is 37.9 Å². The van der Waals surface area contributed by atoms with Gasteiger partial charge in [-0.1, -0.05) is 18.2 Å². The first-order chi connectivity index (χ1) is 12.2. The van der Waals surface area contributed by atoms with Gasteiger partial charge >= 0.3 is 0 Å². The van der Waals surface area contributed by atoms with Crippen molar-refractivity contribution < 1.29 is 9.53 Å². The van der Waals surface area contributed by atoms with E-state index >= 15 is 0 Å². The summed E-state index contributed by atoms with van der Waals surface area (Å²) in [7, 11) is 1.67. The molecule has 1 aromatic carbocycles. The summed E-state index contributed by atoms with van der Waals surface area (Å²) in [6.07, 6.45) is 5.41. The van der Waals surface area contributed by atoms with Gasteiger partial charge in [-0.25, -0.2) is 4.98 Å². The zero-order valence-electron chi connectivity index (χ0n) is 14.7. The third-order valence-corrected chi connectivity index (χ3v) is 4.53. The molecule has 0 radical (unpaired) electrons. The Morgan fingerprint density at radius 3 is 2.92 bits per heavy atom. The number of carbonyl (C=O) groups excluding carboxylic acids is 1. The number of hydrogen-bond donors (Lipinski definition) is 1. The smallest absolute Gasteiger partial charge is 0.241 e. The number of ether oxygens (including phenoxy) is 1. The quantitative estimate of drug-likeness (QED) is 0.906. The van der Waals surface area contributed by atoms with Crippen molar-refractivity contribution in [3.05, 3.63) is 47.9 Å². The molecule has 0 aliphatic carbocycles. The topological polar surface area (TPSA) is 67.4 Å². The van der Waals surface area contributed by atoms with Crippen LogP contribution in [-0.4, -0.2) is 47.5 Å². The van der Waals surface area contributed by atoms with Crippen LogP contribution in [0, 0.1) is 6.92 Å². The van der Waals surface area contributed by atoms with E-state index in [0.29, 0.717) is 12.4 Å². The van der Waals surface area contributed by atoms with E-state index in [1.165, 1.54) is 0 Å². The van der Waals surface area contributed by atoms with Gasteiger partial charge in [0.2, 0.25) is 11.8 Å². The lowest BCUT2D eigenvalue weighted by atomic mass is 9.94. The zero-order chi connectivity index (χ0) is 17.6. The number of hydrogen-bond acceptors (Lipinski definition) is 5. The fourth-order valence-electron chi connectivity index (χ4n) is 3.17. The lowest BCUT2D eigenvalue weighted by Crippen LogP contribution is -2.41. The highest BCUT2D eigenvalue weighted by molar-refractivity contribution is 5.77. The van der Waals surface area contributed by atoms with Crippen LogP contribution in [0.1, 0.15) is 30.0 Å². The van der Waals surface area contributed by atoms with E-state index < -0.39 is 0 Å². The molecule has 6 nitrogen and oxygen atoms in total. The normalized spacial score (nSPS) is 17.9. The van der Waals surface area contributed by atoms with Crippen molar-refractivity contribution in [2.24, 2.45) is 0 Å². The van der Waals surface area contributed by atoms with E-state index in [1.807, 2.05) is 31.2 Å². The van der Waals surface area contributed by atoms with Gasteiger partial charge < -0.3 is 10.1 Å². The van der Waals surface area contributed by atoms with Crippen LogP contribution in [0.15, 0.2) is 36.7 Å². The second-order valence-corrected chi connectivity index (χ2v) is 6.36. The molecule has 1 fully saturated rings. The first kappa shape index (κ1) is 17.4. The van der Waals surface area contributed by atoms with Crippen LogP contribution < -0.4 is 10.1 Å². The van der Waals surface area contributed by atoms with Gasteiger partial charge in [0, 0.05) is 31.9 Å². The van der Waals surface area contributed by atoms with Crippen molar-refractivity contribution in [3.8, 4) is 11.6 Å². The maximum Gasteiger partial charge on any atom is 0.241 e. The number of likely N-dealkylation sites (N-methyl/N-ethyl adjacent to an activating group) is 1. The molecule has 0 spiro atoms. The van der Waals surface area contributed by atoms with E-state index in [2.05, 4.69) is 20.2 Å². The molecule has 2 aromatic rings. The minimum Gasteiger partial charge on any atom is -0.437 e. The van der Waals surface area contributed by atoms with Crippen LogP contribution in [-0.2, 0) is 4.79 Å². The van der Waals surface area contributed by atoms with Gasteiger partial charge in [-0.2, -0.15) is 0 Å². The molecule has 1 atom stereocenters. The predicted octanol–water partition coefficient (Wildman–Crippen LogP) is 2.50. The van der Waals surface area contributed by atoms with Crippen LogP contribution in [0.5, 0.6) is 11.6 Å². The first-order valence-corrected chi connectivity index (χ1v) is 8.64. The number of piperidine rings is 1. The predicted molar refractivity (Wildman–Crippen MR) is 95.8 cm³/mol.